The molecular weight excluding hydrogens is 341 g/mol. The normalized spacial score (nSPS) is 20.9. The van der Waals surface area contributed by atoms with Gasteiger partial charge in [-0.1, -0.05) is 42.5 Å². The maximum Gasteiger partial charge on any atom is 0.210 e. The molecule has 4 heteroatoms. The predicted octanol–water partition coefficient (Wildman–Crippen LogP) is 5.16. The van der Waals surface area contributed by atoms with E-state index in [1.165, 1.54) is 42.5 Å². The van der Waals surface area contributed by atoms with Crippen molar-refractivity contribution in [2.75, 3.05) is 13.2 Å². The van der Waals surface area contributed by atoms with Crippen LogP contribution in [-0.4, -0.2) is 30.6 Å². The summed E-state index contributed by atoms with van der Waals surface area (Å²) in [5.74, 6) is -0.178. The Kier molecular flexibility index (Phi) is 8.99. The summed E-state index contributed by atoms with van der Waals surface area (Å²) in [6, 6.07) is 16.5. The van der Waals surface area contributed by atoms with E-state index in [1.54, 1.807) is 18.2 Å². The number of rotatable bonds is 1. The molecule has 0 spiro atoms. The van der Waals surface area contributed by atoms with Gasteiger partial charge >= 0.3 is 0 Å². The molecule has 4 rings (SSSR count). The lowest BCUT2D eigenvalue weighted by Crippen LogP contribution is -2.32. The fourth-order valence-corrected chi connectivity index (χ4v) is 3.25. The van der Waals surface area contributed by atoms with Crippen molar-refractivity contribution in [3.63, 3.8) is 0 Å². The van der Waals surface area contributed by atoms with Crippen LogP contribution in [0.2, 0.25) is 0 Å². The fourth-order valence-electron chi connectivity index (χ4n) is 3.25. The Hall–Kier alpha value is -2.20. The molecule has 1 fully saturated rings. The first-order valence-corrected chi connectivity index (χ1v) is 9.72. The molecule has 2 atom stereocenters. The Morgan fingerprint density at radius 3 is 2.26 bits per heavy atom. The smallest absolute Gasteiger partial charge is 0.210 e. The highest BCUT2D eigenvalue weighted by Crippen LogP contribution is 2.27. The summed E-state index contributed by atoms with van der Waals surface area (Å²) >= 11 is 0. The molecule has 2 aliphatic rings. The van der Waals surface area contributed by atoms with Crippen LogP contribution in [0, 0.1) is 5.82 Å². The van der Waals surface area contributed by atoms with Gasteiger partial charge < -0.3 is 9.64 Å². The average Bonchev–Trinajstić information content (AvgIpc) is 2.71. The maximum absolute atomic E-state index is 11.9. The standard InChI is InChI=1S/C11H13NO.C6H5F.C6H12O/c1-9-11-5-3-2-4-10(11)6-7-12(9)8-13;7-6-4-2-1-3-5-6;1-6-4-2-3-5-7-6/h2-5,8-9H,6-7H2,1H3;1-5H;6H,2-5H2,1H3/t9-;;6-/m0.0/s1. The molecule has 1 saturated heterocycles. The lowest BCUT2D eigenvalue weighted by Gasteiger charge is -2.32. The third kappa shape index (κ3) is 7.14. The minimum absolute atomic E-state index is 0.178. The van der Waals surface area contributed by atoms with E-state index in [-0.39, 0.29) is 11.9 Å². The zero-order valence-corrected chi connectivity index (χ0v) is 16.3. The van der Waals surface area contributed by atoms with E-state index in [0.717, 1.165) is 26.0 Å². The van der Waals surface area contributed by atoms with Gasteiger partial charge in [0.15, 0.2) is 0 Å². The molecule has 1 amide bonds. The van der Waals surface area contributed by atoms with E-state index < -0.39 is 0 Å². The van der Waals surface area contributed by atoms with Crippen LogP contribution in [0.1, 0.15) is 50.3 Å². The zero-order valence-electron chi connectivity index (χ0n) is 16.3. The first-order valence-electron chi connectivity index (χ1n) is 9.72. The average molecular weight is 371 g/mol. The predicted molar refractivity (Wildman–Crippen MR) is 107 cm³/mol. The largest absolute Gasteiger partial charge is 0.379 e. The highest BCUT2D eigenvalue weighted by atomic mass is 19.1. The minimum atomic E-state index is -0.178. The summed E-state index contributed by atoms with van der Waals surface area (Å²) in [6.07, 6.45) is 6.36. The first-order chi connectivity index (χ1) is 13.1. The molecule has 2 aliphatic heterocycles. The van der Waals surface area contributed by atoms with Crippen LogP contribution in [0.25, 0.3) is 0 Å². The van der Waals surface area contributed by atoms with Crippen molar-refractivity contribution in [3.05, 3.63) is 71.5 Å². The Morgan fingerprint density at radius 1 is 1.04 bits per heavy atom. The van der Waals surface area contributed by atoms with Crippen molar-refractivity contribution in [2.24, 2.45) is 0 Å². The summed E-state index contributed by atoms with van der Waals surface area (Å²) in [4.78, 5) is 12.6. The van der Waals surface area contributed by atoms with Crippen LogP contribution < -0.4 is 0 Å². The molecule has 0 bridgehead atoms. The number of carbonyl (C=O) groups is 1. The van der Waals surface area contributed by atoms with Crippen LogP contribution in [0.5, 0.6) is 0 Å². The fraction of sp³-hybridized carbons (Fsp3) is 0.435. The van der Waals surface area contributed by atoms with Crippen molar-refractivity contribution in [1.82, 2.24) is 4.90 Å². The minimum Gasteiger partial charge on any atom is -0.379 e. The maximum atomic E-state index is 11.9. The highest BCUT2D eigenvalue weighted by molar-refractivity contribution is 5.50. The molecule has 0 radical (unpaired) electrons. The molecule has 2 aromatic rings. The summed E-state index contributed by atoms with van der Waals surface area (Å²) in [5.41, 5.74) is 2.67. The van der Waals surface area contributed by atoms with Gasteiger partial charge in [0.05, 0.1) is 12.1 Å². The number of nitrogens with zero attached hydrogens (tertiary/aromatic N) is 1. The molecule has 0 N–H and O–H groups in total. The van der Waals surface area contributed by atoms with Crippen molar-refractivity contribution in [1.29, 1.82) is 0 Å². The van der Waals surface area contributed by atoms with E-state index in [4.69, 9.17) is 4.74 Å². The molecule has 0 unspecified atom stereocenters. The van der Waals surface area contributed by atoms with Crippen molar-refractivity contribution < 1.29 is 13.9 Å². The van der Waals surface area contributed by atoms with Gasteiger partial charge in [-0.15, -0.1) is 0 Å². The molecule has 2 heterocycles. The van der Waals surface area contributed by atoms with Gasteiger partial charge in [-0.3, -0.25) is 4.79 Å². The monoisotopic (exact) mass is 371 g/mol. The van der Waals surface area contributed by atoms with Crippen molar-refractivity contribution in [2.45, 2.75) is 51.7 Å². The second-order valence-corrected chi connectivity index (χ2v) is 6.94. The first kappa shape index (κ1) is 21.1. The zero-order chi connectivity index (χ0) is 19.5. The van der Waals surface area contributed by atoms with Crippen molar-refractivity contribution in [3.8, 4) is 0 Å². The summed E-state index contributed by atoms with van der Waals surface area (Å²) in [5, 5.41) is 0. The van der Waals surface area contributed by atoms with Gasteiger partial charge in [-0.05, 0) is 62.8 Å². The second-order valence-electron chi connectivity index (χ2n) is 6.94. The van der Waals surface area contributed by atoms with Gasteiger partial charge in [0.1, 0.15) is 5.82 Å². The van der Waals surface area contributed by atoms with E-state index in [9.17, 15) is 9.18 Å². The van der Waals surface area contributed by atoms with E-state index in [1.807, 2.05) is 11.0 Å². The van der Waals surface area contributed by atoms with Gasteiger partial charge in [0, 0.05) is 13.2 Å². The van der Waals surface area contributed by atoms with Gasteiger partial charge in [0.2, 0.25) is 6.41 Å². The van der Waals surface area contributed by atoms with Crippen LogP contribution in [0.3, 0.4) is 0 Å². The summed E-state index contributed by atoms with van der Waals surface area (Å²) in [6.45, 7) is 6.05. The summed E-state index contributed by atoms with van der Waals surface area (Å²) in [7, 11) is 0. The number of hydrogen-bond donors (Lipinski definition) is 0. The molecular formula is C23H30FNO2. The Balaban J connectivity index is 0.000000159. The van der Waals surface area contributed by atoms with Crippen molar-refractivity contribution >= 4 is 6.41 Å². The Bertz CT molecular complexity index is 671. The van der Waals surface area contributed by atoms with Crippen LogP contribution in [0.4, 0.5) is 4.39 Å². The number of fused-ring (bicyclic) bond motifs is 1. The SMILES string of the molecule is C[C@H]1CCCCO1.C[C@H]1c2ccccc2CCN1C=O.Fc1ccccc1. The molecule has 2 aromatic carbocycles. The number of amides is 1. The van der Waals surface area contributed by atoms with Crippen LogP contribution >= 0.6 is 0 Å². The Labute approximate surface area is 162 Å². The molecule has 0 aromatic heterocycles. The number of halogens is 1. The quantitative estimate of drug-likeness (QED) is 0.648. The molecule has 0 saturated carbocycles. The number of carbonyl (C=O) groups excluding carboxylic acids is 1. The lowest BCUT2D eigenvalue weighted by atomic mass is 9.94. The van der Waals surface area contributed by atoms with Gasteiger partial charge in [0.25, 0.3) is 0 Å². The van der Waals surface area contributed by atoms with Gasteiger partial charge in [-0.25, -0.2) is 4.39 Å². The summed E-state index contributed by atoms with van der Waals surface area (Å²) < 4.78 is 17.2. The number of hydrogen-bond acceptors (Lipinski definition) is 2. The molecule has 0 aliphatic carbocycles. The lowest BCUT2D eigenvalue weighted by molar-refractivity contribution is -0.120. The topological polar surface area (TPSA) is 29.5 Å². The highest BCUT2D eigenvalue weighted by Gasteiger charge is 2.21. The number of ether oxygens (including phenoxy) is 1. The van der Waals surface area contributed by atoms with Gasteiger partial charge in [-0.2, -0.15) is 0 Å². The van der Waals surface area contributed by atoms with Crippen LogP contribution in [0.15, 0.2) is 54.6 Å². The molecule has 146 valence electrons. The third-order valence-corrected chi connectivity index (χ3v) is 4.92. The molecule has 27 heavy (non-hydrogen) atoms. The molecule has 3 nitrogen and oxygen atoms in total. The van der Waals surface area contributed by atoms with E-state index in [2.05, 4.69) is 32.0 Å². The second kappa shape index (κ2) is 11.5. The third-order valence-electron chi connectivity index (χ3n) is 4.92. The Morgan fingerprint density at radius 2 is 1.74 bits per heavy atom. The number of benzene rings is 2. The van der Waals surface area contributed by atoms with Crippen LogP contribution in [-0.2, 0) is 16.0 Å². The van der Waals surface area contributed by atoms with E-state index >= 15 is 0 Å². The van der Waals surface area contributed by atoms with E-state index in [0.29, 0.717) is 6.10 Å².